The Morgan fingerprint density at radius 3 is 2.88 bits per heavy atom. The number of likely N-dealkylation sites (tertiary alicyclic amines) is 1. The third-order valence-corrected chi connectivity index (χ3v) is 8.29. The molecule has 1 saturated carbocycles. The molecule has 1 saturated heterocycles. The predicted molar refractivity (Wildman–Crippen MR) is 126 cm³/mol. The Bertz CT molecular complexity index is 1320. The van der Waals surface area contributed by atoms with Crippen molar-refractivity contribution in [2.75, 3.05) is 13.1 Å². The van der Waals surface area contributed by atoms with Crippen LogP contribution in [0, 0.1) is 18.8 Å². The molecule has 0 radical (unpaired) electrons. The molecule has 1 aromatic carbocycles. The number of carbonyl (C=O) groups excluding carboxylic acids is 2. The van der Waals surface area contributed by atoms with E-state index in [9.17, 15) is 9.59 Å². The lowest BCUT2D eigenvalue weighted by molar-refractivity contribution is 0.0695. The first-order valence-electron chi connectivity index (χ1n) is 10.8. The molecule has 3 aromatic heterocycles. The molecule has 6 rings (SSSR count). The number of aryl methyl sites for hydroxylation is 1. The van der Waals surface area contributed by atoms with Gasteiger partial charge in [-0.25, -0.2) is 4.98 Å². The lowest BCUT2D eigenvalue weighted by atomic mass is 10.0. The Labute approximate surface area is 193 Å². The van der Waals surface area contributed by atoms with Crippen molar-refractivity contribution < 1.29 is 9.59 Å². The summed E-state index contributed by atoms with van der Waals surface area (Å²) < 4.78 is 1.84. The van der Waals surface area contributed by atoms with Gasteiger partial charge in [0.25, 0.3) is 11.8 Å². The standard InChI is InChI=1S/C24H22N4O2S2/c1-14-21(27-8-10-32-24(27)26-14)22(29)25-12-19-18-11-15(18)13-28(19)23(30)17-6-3-2-5-16(17)20-7-4-9-31-20/h2-10,15,18-19H,11-13H2,1H3,(H,25,29)/t15-,18-,19+/m0/s1. The van der Waals surface area contributed by atoms with Crippen molar-refractivity contribution in [1.29, 1.82) is 0 Å². The van der Waals surface area contributed by atoms with E-state index in [0.29, 0.717) is 24.1 Å². The fourth-order valence-electron chi connectivity index (χ4n) is 4.99. The first-order valence-corrected chi connectivity index (χ1v) is 12.5. The fraction of sp³-hybridized carbons (Fsp3) is 0.292. The van der Waals surface area contributed by atoms with Crippen molar-refractivity contribution in [2.24, 2.45) is 11.8 Å². The van der Waals surface area contributed by atoms with Crippen LogP contribution in [0.1, 0.15) is 33.0 Å². The van der Waals surface area contributed by atoms with Gasteiger partial charge in [0, 0.05) is 40.7 Å². The van der Waals surface area contributed by atoms with Gasteiger partial charge in [-0.15, -0.1) is 22.7 Å². The number of nitrogens with one attached hydrogen (secondary N) is 1. The smallest absolute Gasteiger partial charge is 0.270 e. The minimum atomic E-state index is -0.135. The molecule has 8 heteroatoms. The molecule has 3 atom stereocenters. The second-order valence-electron chi connectivity index (χ2n) is 8.52. The molecule has 1 N–H and O–H groups in total. The molecule has 1 aliphatic carbocycles. The van der Waals surface area contributed by atoms with Gasteiger partial charge in [-0.2, -0.15) is 0 Å². The Hall–Kier alpha value is -2.97. The molecule has 2 amide bonds. The Balaban J connectivity index is 1.23. The van der Waals surface area contributed by atoms with E-state index < -0.39 is 0 Å². The maximum Gasteiger partial charge on any atom is 0.270 e. The summed E-state index contributed by atoms with van der Waals surface area (Å²) in [4.78, 5) is 35.0. The van der Waals surface area contributed by atoms with Crippen LogP contribution in [0.25, 0.3) is 15.4 Å². The molecule has 1 aliphatic heterocycles. The highest BCUT2D eigenvalue weighted by Crippen LogP contribution is 2.50. The number of hydrogen-bond acceptors (Lipinski definition) is 5. The molecular formula is C24H22N4O2S2. The largest absolute Gasteiger partial charge is 0.349 e. The highest BCUT2D eigenvalue weighted by Gasteiger charge is 2.54. The summed E-state index contributed by atoms with van der Waals surface area (Å²) in [6, 6.07) is 11.9. The zero-order chi connectivity index (χ0) is 21.8. The highest BCUT2D eigenvalue weighted by atomic mass is 32.1. The zero-order valence-corrected chi connectivity index (χ0v) is 19.2. The zero-order valence-electron chi connectivity index (χ0n) is 17.5. The molecule has 32 heavy (non-hydrogen) atoms. The molecule has 0 spiro atoms. The number of aromatic nitrogens is 2. The van der Waals surface area contributed by atoms with Crippen LogP contribution < -0.4 is 5.32 Å². The van der Waals surface area contributed by atoms with Gasteiger partial charge in [-0.05, 0) is 42.7 Å². The number of thiazole rings is 1. The molecule has 4 heterocycles. The van der Waals surface area contributed by atoms with Crippen LogP contribution in [0.3, 0.4) is 0 Å². The Morgan fingerprint density at radius 2 is 2.03 bits per heavy atom. The lowest BCUT2D eigenvalue weighted by Crippen LogP contribution is -2.45. The molecule has 2 fully saturated rings. The van der Waals surface area contributed by atoms with E-state index in [1.807, 2.05) is 63.5 Å². The summed E-state index contributed by atoms with van der Waals surface area (Å²) in [5, 5.41) is 7.06. The number of nitrogens with zero attached hydrogens (tertiary/aromatic N) is 3. The van der Waals surface area contributed by atoms with Gasteiger partial charge in [-0.3, -0.25) is 14.0 Å². The monoisotopic (exact) mass is 462 g/mol. The van der Waals surface area contributed by atoms with E-state index in [2.05, 4.69) is 16.4 Å². The summed E-state index contributed by atoms with van der Waals surface area (Å²) in [5.41, 5.74) is 3.01. The van der Waals surface area contributed by atoms with Crippen LogP contribution in [0.2, 0.25) is 0 Å². The van der Waals surface area contributed by atoms with Crippen molar-refractivity contribution >= 4 is 39.4 Å². The third kappa shape index (κ3) is 3.17. The van der Waals surface area contributed by atoms with Crippen molar-refractivity contribution in [3.8, 4) is 10.4 Å². The summed E-state index contributed by atoms with van der Waals surface area (Å²) in [5.74, 6) is 0.945. The van der Waals surface area contributed by atoms with Crippen LogP contribution in [0.4, 0.5) is 0 Å². The number of piperidine rings is 1. The van der Waals surface area contributed by atoms with Crippen molar-refractivity contribution in [3.05, 3.63) is 70.3 Å². The van der Waals surface area contributed by atoms with Gasteiger partial charge in [-0.1, -0.05) is 24.3 Å². The average Bonchev–Trinajstić information content (AvgIpc) is 3.25. The minimum absolute atomic E-state index is 0.0269. The molecule has 6 nitrogen and oxygen atoms in total. The first-order chi connectivity index (χ1) is 15.6. The van der Waals surface area contributed by atoms with Crippen LogP contribution >= 0.6 is 22.7 Å². The Kier molecular flexibility index (Phi) is 4.66. The van der Waals surface area contributed by atoms with Gasteiger partial charge >= 0.3 is 0 Å². The predicted octanol–water partition coefficient (Wildman–Crippen LogP) is 4.32. The maximum atomic E-state index is 13.6. The second kappa shape index (κ2) is 7.56. The molecule has 2 aliphatic rings. The van der Waals surface area contributed by atoms with Crippen molar-refractivity contribution in [1.82, 2.24) is 19.6 Å². The highest BCUT2D eigenvalue weighted by molar-refractivity contribution is 7.15. The molecule has 0 unspecified atom stereocenters. The number of hydrogen-bond donors (Lipinski definition) is 1. The number of rotatable bonds is 5. The molecule has 162 valence electrons. The summed E-state index contributed by atoms with van der Waals surface area (Å²) in [7, 11) is 0. The van der Waals surface area contributed by atoms with Crippen LogP contribution in [-0.2, 0) is 0 Å². The number of imidazole rings is 1. The first kappa shape index (κ1) is 19.7. The number of thiophene rings is 1. The number of amides is 2. The quantitative estimate of drug-likeness (QED) is 0.480. The van der Waals surface area contributed by atoms with E-state index in [0.717, 1.165) is 39.6 Å². The second-order valence-corrected chi connectivity index (χ2v) is 10.3. The van der Waals surface area contributed by atoms with E-state index in [4.69, 9.17) is 0 Å². The van der Waals surface area contributed by atoms with Gasteiger partial charge in [0.2, 0.25) is 0 Å². The topological polar surface area (TPSA) is 66.7 Å². The SMILES string of the molecule is Cc1nc2sccn2c1C(=O)NC[C@@H]1[C@H]2C[C@H]2CN1C(=O)c1ccccc1-c1cccs1. The maximum absolute atomic E-state index is 13.6. The summed E-state index contributed by atoms with van der Waals surface area (Å²) in [6.45, 7) is 3.09. The lowest BCUT2D eigenvalue weighted by Gasteiger charge is -2.28. The fourth-order valence-corrected chi connectivity index (χ4v) is 6.51. The van der Waals surface area contributed by atoms with E-state index >= 15 is 0 Å². The number of benzene rings is 1. The summed E-state index contributed by atoms with van der Waals surface area (Å²) >= 11 is 3.15. The van der Waals surface area contributed by atoms with E-state index in [1.165, 1.54) is 11.3 Å². The third-order valence-electron chi connectivity index (χ3n) is 6.63. The Morgan fingerprint density at radius 1 is 1.16 bits per heavy atom. The minimum Gasteiger partial charge on any atom is -0.349 e. The number of carbonyl (C=O) groups is 2. The van der Waals surface area contributed by atoms with Gasteiger partial charge in [0.05, 0.1) is 11.7 Å². The molecule has 0 bridgehead atoms. The van der Waals surface area contributed by atoms with Crippen LogP contribution in [-0.4, -0.2) is 45.2 Å². The van der Waals surface area contributed by atoms with Gasteiger partial charge < -0.3 is 10.2 Å². The van der Waals surface area contributed by atoms with Gasteiger partial charge in [0.15, 0.2) is 4.96 Å². The van der Waals surface area contributed by atoms with Crippen molar-refractivity contribution in [2.45, 2.75) is 19.4 Å². The average molecular weight is 463 g/mol. The number of fused-ring (bicyclic) bond motifs is 2. The summed E-state index contributed by atoms with van der Waals surface area (Å²) in [6.07, 6.45) is 3.01. The van der Waals surface area contributed by atoms with Crippen molar-refractivity contribution in [3.63, 3.8) is 0 Å². The molecule has 4 aromatic rings. The normalized spacial score (nSPS) is 21.7. The van der Waals surface area contributed by atoms with Crippen LogP contribution in [0.5, 0.6) is 0 Å². The molecular weight excluding hydrogens is 440 g/mol. The van der Waals surface area contributed by atoms with E-state index in [-0.39, 0.29) is 17.9 Å². The van der Waals surface area contributed by atoms with Gasteiger partial charge in [0.1, 0.15) is 5.69 Å². The van der Waals surface area contributed by atoms with E-state index in [1.54, 1.807) is 11.3 Å². The van der Waals surface area contributed by atoms with Crippen LogP contribution in [0.15, 0.2) is 53.4 Å².